The Morgan fingerprint density at radius 1 is 1.00 bits per heavy atom. The number of carbonyl (C=O) groups is 2. The van der Waals surface area contributed by atoms with Crippen LogP contribution >= 0.6 is 0 Å². The van der Waals surface area contributed by atoms with Crippen molar-refractivity contribution in [2.45, 2.75) is 37.9 Å². The van der Waals surface area contributed by atoms with Gasteiger partial charge in [-0.15, -0.1) is 0 Å². The van der Waals surface area contributed by atoms with E-state index in [4.69, 9.17) is 4.74 Å². The molecule has 0 aliphatic carbocycles. The third kappa shape index (κ3) is 6.47. The number of likely N-dealkylation sites (tertiary alicyclic amines) is 1. The Kier molecular flexibility index (Phi) is 7.55. The highest BCUT2D eigenvalue weighted by molar-refractivity contribution is 5.96. The number of hydrogen-bond acceptors (Lipinski definition) is 3. The zero-order chi connectivity index (χ0) is 22.3. The summed E-state index contributed by atoms with van der Waals surface area (Å²) in [6.07, 6.45) is -2.62. The van der Waals surface area contributed by atoms with Gasteiger partial charge < -0.3 is 15.0 Å². The number of amides is 2. The Morgan fingerprint density at radius 3 is 2.32 bits per heavy atom. The molecule has 0 bridgehead atoms. The van der Waals surface area contributed by atoms with Gasteiger partial charge in [0.05, 0.1) is 17.7 Å². The first-order valence-electron chi connectivity index (χ1n) is 10.3. The summed E-state index contributed by atoms with van der Waals surface area (Å²) in [7, 11) is 0. The molecular formula is C23H25F3N2O3. The van der Waals surface area contributed by atoms with Gasteiger partial charge in [-0.1, -0.05) is 30.3 Å². The van der Waals surface area contributed by atoms with E-state index in [0.29, 0.717) is 45.4 Å². The molecule has 1 aliphatic rings. The number of nitrogens with one attached hydrogen (secondary N) is 1. The highest BCUT2D eigenvalue weighted by Gasteiger charge is 2.35. The second-order valence-corrected chi connectivity index (χ2v) is 7.44. The van der Waals surface area contributed by atoms with E-state index in [1.807, 2.05) is 30.3 Å². The summed E-state index contributed by atoms with van der Waals surface area (Å²) in [6, 6.07) is 13.8. The van der Waals surface area contributed by atoms with E-state index in [1.54, 1.807) is 4.90 Å². The van der Waals surface area contributed by atoms with Crippen molar-refractivity contribution >= 4 is 11.8 Å². The first kappa shape index (κ1) is 22.7. The SMILES string of the molecule is O=C(NC1CCN(C(=O)CCCOc2ccccc2)CC1)c1ccccc1C(F)(F)F. The zero-order valence-corrected chi connectivity index (χ0v) is 17.0. The van der Waals surface area contributed by atoms with Gasteiger partial charge in [0, 0.05) is 25.6 Å². The number of ether oxygens (including phenoxy) is 1. The van der Waals surface area contributed by atoms with E-state index in [-0.39, 0.29) is 17.5 Å². The Hall–Kier alpha value is -3.03. The molecular weight excluding hydrogens is 409 g/mol. The van der Waals surface area contributed by atoms with Crippen LogP contribution in [0.15, 0.2) is 54.6 Å². The van der Waals surface area contributed by atoms with Gasteiger partial charge in [0.1, 0.15) is 5.75 Å². The molecule has 166 valence electrons. The van der Waals surface area contributed by atoms with E-state index in [2.05, 4.69) is 5.32 Å². The second kappa shape index (κ2) is 10.3. The van der Waals surface area contributed by atoms with Crippen molar-refractivity contribution in [3.63, 3.8) is 0 Å². The van der Waals surface area contributed by atoms with Crippen LogP contribution in [0.3, 0.4) is 0 Å². The third-order valence-corrected chi connectivity index (χ3v) is 5.21. The van der Waals surface area contributed by atoms with Gasteiger partial charge in [-0.2, -0.15) is 13.2 Å². The number of nitrogens with zero attached hydrogens (tertiary/aromatic N) is 1. The number of alkyl halides is 3. The Bertz CT molecular complexity index is 879. The largest absolute Gasteiger partial charge is 0.494 e. The van der Waals surface area contributed by atoms with Gasteiger partial charge in [0.25, 0.3) is 5.91 Å². The van der Waals surface area contributed by atoms with Crippen molar-refractivity contribution in [3.8, 4) is 5.75 Å². The van der Waals surface area contributed by atoms with E-state index < -0.39 is 17.6 Å². The molecule has 2 aromatic rings. The molecule has 0 radical (unpaired) electrons. The van der Waals surface area contributed by atoms with E-state index in [9.17, 15) is 22.8 Å². The fourth-order valence-electron chi connectivity index (χ4n) is 3.55. The zero-order valence-electron chi connectivity index (χ0n) is 17.0. The number of piperidine rings is 1. The monoisotopic (exact) mass is 434 g/mol. The van der Waals surface area contributed by atoms with Crippen molar-refractivity contribution in [2.75, 3.05) is 19.7 Å². The van der Waals surface area contributed by atoms with Gasteiger partial charge in [0.2, 0.25) is 5.91 Å². The Morgan fingerprint density at radius 2 is 1.65 bits per heavy atom. The van der Waals surface area contributed by atoms with Crippen molar-refractivity contribution in [1.82, 2.24) is 10.2 Å². The fraction of sp³-hybridized carbons (Fsp3) is 0.391. The molecule has 0 atom stereocenters. The predicted octanol–water partition coefficient (Wildman–Crippen LogP) is 4.29. The first-order chi connectivity index (χ1) is 14.8. The van der Waals surface area contributed by atoms with E-state index >= 15 is 0 Å². The number of benzene rings is 2. The molecule has 5 nitrogen and oxygen atoms in total. The lowest BCUT2D eigenvalue weighted by atomic mass is 10.0. The van der Waals surface area contributed by atoms with Crippen LogP contribution in [0.25, 0.3) is 0 Å². The molecule has 3 rings (SSSR count). The maximum absolute atomic E-state index is 13.1. The average Bonchev–Trinajstić information content (AvgIpc) is 2.77. The fourth-order valence-corrected chi connectivity index (χ4v) is 3.55. The smallest absolute Gasteiger partial charge is 0.417 e. The minimum absolute atomic E-state index is 0.0175. The predicted molar refractivity (Wildman–Crippen MR) is 110 cm³/mol. The third-order valence-electron chi connectivity index (χ3n) is 5.21. The maximum Gasteiger partial charge on any atom is 0.417 e. The molecule has 2 aromatic carbocycles. The second-order valence-electron chi connectivity index (χ2n) is 7.44. The lowest BCUT2D eigenvalue weighted by Gasteiger charge is -2.32. The molecule has 0 aromatic heterocycles. The van der Waals surface area contributed by atoms with Gasteiger partial charge >= 0.3 is 6.18 Å². The summed E-state index contributed by atoms with van der Waals surface area (Å²) in [4.78, 5) is 26.5. The number of carbonyl (C=O) groups excluding carboxylic acids is 2. The number of halogens is 3. The number of para-hydroxylation sites is 1. The van der Waals surface area contributed by atoms with Gasteiger partial charge in [-0.05, 0) is 43.5 Å². The molecule has 1 N–H and O–H groups in total. The van der Waals surface area contributed by atoms with Crippen molar-refractivity contribution in [2.24, 2.45) is 0 Å². The summed E-state index contributed by atoms with van der Waals surface area (Å²) in [5, 5.41) is 2.68. The van der Waals surface area contributed by atoms with Crippen LogP contribution in [0.5, 0.6) is 5.75 Å². The van der Waals surface area contributed by atoms with Crippen LogP contribution in [0, 0.1) is 0 Å². The molecule has 2 amide bonds. The van der Waals surface area contributed by atoms with Gasteiger partial charge in [-0.3, -0.25) is 9.59 Å². The quantitative estimate of drug-likeness (QED) is 0.662. The topological polar surface area (TPSA) is 58.6 Å². The van der Waals surface area contributed by atoms with Crippen LogP contribution in [-0.4, -0.2) is 42.5 Å². The van der Waals surface area contributed by atoms with E-state index in [1.165, 1.54) is 18.2 Å². The van der Waals surface area contributed by atoms with E-state index in [0.717, 1.165) is 11.8 Å². The van der Waals surface area contributed by atoms with Crippen LogP contribution in [0.1, 0.15) is 41.6 Å². The van der Waals surface area contributed by atoms with Crippen molar-refractivity contribution in [1.29, 1.82) is 0 Å². The Labute approximate surface area is 179 Å². The molecule has 8 heteroatoms. The lowest BCUT2D eigenvalue weighted by molar-refractivity contribution is -0.138. The molecule has 0 unspecified atom stereocenters. The van der Waals surface area contributed by atoms with Crippen molar-refractivity contribution in [3.05, 3.63) is 65.7 Å². The number of rotatable bonds is 7. The lowest BCUT2D eigenvalue weighted by Crippen LogP contribution is -2.46. The summed E-state index contributed by atoms with van der Waals surface area (Å²) in [5.41, 5.74) is -1.33. The van der Waals surface area contributed by atoms with Gasteiger partial charge in [0.15, 0.2) is 0 Å². The summed E-state index contributed by atoms with van der Waals surface area (Å²) in [6.45, 7) is 1.37. The van der Waals surface area contributed by atoms with Crippen LogP contribution < -0.4 is 10.1 Å². The highest BCUT2D eigenvalue weighted by atomic mass is 19.4. The summed E-state index contributed by atoms with van der Waals surface area (Å²) < 4.78 is 44.9. The Balaban J connectivity index is 1.41. The van der Waals surface area contributed by atoms with Crippen LogP contribution in [0.2, 0.25) is 0 Å². The molecule has 1 heterocycles. The summed E-state index contributed by atoms with van der Waals surface area (Å²) in [5.74, 6) is 0.0400. The molecule has 1 saturated heterocycles. The first-order valence-corrected chi connectivity index (χ1v) is 10.3. The van der Waals surface area contributed by atoms with Crippen molar-refractivity contribution < 1.29 is 27.5 Å². The minimum atomic E-state index is -4.59. The molecule has 0 spiro atoms. The standard InChI is InChI=1S/C23H25F3N2O3/c24-23(25,26)20-10-5-4-9-19(20)22(30)27-17-12-14-28(15-13-17)21(29)11-6-16-31-18-7-2-1-3-8-18/h1-5,7-10,17H,6,11-16H2,(H,27,30). The molecule has 1 aliphatic heterocycles. The van der Waals surface area contributed by atoms with Crippen LogP contribution in [0.4, 0.5) is 13.2 Å². The number of hydrogen-bond donors (Lipinski definition) is 1. The highest BCUT2D eigenvalue weighted by Crippen LogP contribution is 2.32. The minimum Gasteiger partial charge on any atom is -0.494 e. The average molecular weight is 434 g/mol. The molecule has 31 heavy (non-hydrogen) atoms. The maximum atomic E-state index is 13.1. The normalized spacial score (nSPS) is 14.9. The van der Waals surface area contributed by atoms with Gasteiger partial charge in [-0.25, -0.2) is 0 Å². The summed E-state index contributed by atoms with van der Waals surface area (Å²) >= 11 is 0. The van der Waals surface area contributed by atoms with Crippen LogP contribution in [-0.2, 0) is 11.0 Å². The molecule has 0 saturated carbocycles. The molecule has 1 fully saturated rings.